The highest BCUT2D eigenvalue weighted by Gasteiger charge is 2.56. The molecule has 1 spiro atoms. The zero-order valence-electron chi connectivity index (χ0n) is 17.3. The summed E-state index contributed by atoms with van der Waals surface area (Å²) >= 11 is 0. The molecule has 2 atom stereocenters. The van der Waals surface area contributed by atoms with E-state index in [0.717, 1.165) is 12.0 Å². The van der Waals surface area contributed by atoms with Crippen molar-refractivity contribution in [3.8, 4) is 5.75 Å². The molecule has 154 valence electrons. The van der Waals surface area contributed by atoms with Crippen LogP contribution in [0.3, 0.4) is 0 Å². The van der Waals surface area contributed by atoms with Crippen molar-refractivity contribution in [2.45, 2.75) is 52.1 Å². The highest BCUT2D eigenvalue weighted by atomic mass is 19.1. The van der Waals surface area contributed by atoms with Gasteiger partial charge < -0.3 is 10.1 Å². The molecule has 1 aromatic rings. The van der Waals surface area contributed by atoms with Crippen molar-refractivity contribution in [3.05, 3.63) is 29.6 Å². The van der Waals surface area contributed by atoms with Crippen molar-refractivity contribution in [3.63, 3.8) is 0 Å². The van der Waals surface area contributed by atoms with Gasteiger partial charge in [-0.25, -0.2) is 14.1 Å². The first-order valence-electron chi connectivity index (χ1n) is 9.70. The summed E-state index contributed by atoms with van der Waals surface area (Å²) in [5.74, 6) is -0.0184. The lowest BCUT2D eigenvalue weighted by Gasteiger charge is -2.43. The molecule has 0 bridgehead atoms. The van der Waals surface area contributed by atoms with Crippen molar-refractivity contribution in [2.24, 2.45) is 11.3 Å². The van der Waals surface area contributed by atoms with Crippen LogP contribution in [0, 0.1) is 17.2 Å². The SMILES string of the molecule is COc1ccc(CN(C)CN2C(=O)N[C@]3(C[C@@H](C)CC(C)(C)C3)C2=O)cc1F. The Labute approximate surface area is 166 Å². The zero-order valence-corrected chi connectivity index (χ0v) is 17.3. The summed E-state index contributed by atoms with van der Waals surface area (Å²) in [5, 5.41) is 2.98. The molecular weight excluding hydrogens is 361 g/mol. The van der Waals surface area contributed by atoms with Gasteiger partial charge in [0.2, 0.25) is 0 Å². The summed E-state index contributed by atoms with van der Waals surface area (Å²) in [5.41, 5.74) is -0.0518. The maximum absolute atomic E-state index is 13.9. The molecule has 1 aliphatic heterocycles. The van der Waals surface area contributed by atoms with E-state index >= 15 is 0 Å². The number of imide groups is 1. The van der Waals surface area contributed by atoms with E-state index in [-0.39, 0.29) is 29.8 Å². The summed E-state index contributed by atoms with van der Waals surface area (Å²) in [7, 11) is 3.23. The summed E-state index contributed by atoms with van der Waals surface area (Å²) in [6, 6.07) is 4.42. The number of nitrogens with one attached hydrogen (secondary N) is 1. The van der Waals surface area contributed by atoms with Gasteiger partial charge in [0, 0.05) is 6.54 Å². The Kier molecular flexibility index (Phi) is 5.40. The summed E-state index contributed by atoms with van der Waals surface area (Å²) in [4.78, 5) is 28.9. The van der Waals surface area contributed by atoms with E-state index in [9.17, 15) is 14.0 Å². The number of benzene rings is 1. The van der Waals surface area contributed by atoms with E-state index in [0.29, 0.717) is 25.3 Å². The van der Waals surface area contributed by atoms with Gasteiger partial charge in [-0.2, -0.15) is 0 Å². The van der Waals surface area contributed by atoms with Crippen LogP contribution < -0.4 is 10.1 Å². The van der Waals surface area contributed by atoms with Crippen molar-refractivity contribution < 1.29 is 18.7 Å². The molecule has 6 nitrogen and oxygen atoms in total. The molecule has 1 heterocycles. The second-order valence-corrected chi connectivity index (χ2v) is 9.22. The number of carbonyl (C=O) groups is 2. The topological polar surface area (TPSA) is 61.9 Å². The van der Waals surface area contributed by atoms with E-state index in [1.165, 1.54) is 18.1 Å². The molecule has 1 N–H and O–H groups in total. The standard InChI is InChI=1S/C21H30FN3O3/c1-14-9-20(2,3)12-21(10-14)18(26)25(19(27)23-21)13-24(4)11-15-6-7-17(28-5)16(22)8-15/h6-8,14H,9-13H2,1-5H3,(H,23,27)/t14-,21-/m0/s1. The van der Waals surface area contributed by atoms with Gasteiger partial charge in [-0.1, -0.05) is 26.8 Å². The highest BCUT2D eigenvalue weighted by Crippen LogP contribution is 2.46. The number of urea groups is 1. The van der Waals surface area contributed by atoms with Crippen LogP contribution in [0.4, 0.5) is 9.18 Å². The Bertz CT molecular complexity index is 782. The van der Waals surface area contributed by atoms with Crippen LogP contribution in [0.15, 0.2) is 18.2 Å². The predicted molar refractivity (Wildman–Crippen MR) is 104 cm³/mol. The van der Waals surface area contributed by atoms with Crippen LogP contribution in [0.5, 0.6) is 5.75 Å². The van der Waals surface area contributed by atoms with Crippen LogP contribution in [-0.2, 0) is 11.3 Å². The normalized spacial score (nSPS) is 26.8. The Morgan fingerprint density at radius 1 is 1.32 bits per heavy atom. The van der Waals surface area contributed by atoms with Crippen molar-refractivity contribution in [2.75, 3.05) is 20.8 Å². The van der Waals surface area contributed by atoms with Gasteiger partial charge >= 0.3 is 6.03 Å². The Morgan fingerprint density at radius 2 is 2.04 bits per heavy atom. The Hall–Kier alpha value is -2.15. The van der Waals surface area contributed by atoms with E-state index in [2.05, 4.69) is 26.1 Å². The third kappa shape index (κ3) is 3.99. The molecule has 3 rings (SSSR count). The number of hydrogen-bond donors (Lipinski definition) is 1. The molecule has 7 heteroatoms. The number of rotatable bonds is 5. The first-order chi connectivity index (χ1) is 13.0. The smallest absolute Gasteiger partial charge is 0.326 e. The fourth-order valence-corrected chi connectivity index (χ4v) is 5.05. The van der Waals surface area contributed by atoms with Gasteiger partial charge in [0.05, 0.1) is 13.8 Å². The average molecular weight is 391 g/mol. The first-order valence-corrected chi connectivity index (χ1v) is 9.70. The van der Waals surface area contributed by atoms with Crippen LogP contribution in [0.2, 0.25) is 0 Å². The lowest BCUT2D eigenvalue weighted by molar-refractivity contribution is -0.136. The van der Waals surface area contributed by atoms with E-state index in [1.807, 2.05) is 4.90 Å². The van der Waals surface area contributed by atoms with Crippen LogP contribution >= 0.6 is 0 Å². The summed E-state index contributed by atoms with van der Waals surface area (Å²) in [6.07, 6.45) is 2.37. The molecule has 28 heavy (non-hydrogen) atoms. The number of amides is 3. The molecule has 2 aliphatic rings. The van der Waals surface area contributed by atoms with Crippen molar-refractivity contribution in [1.82, 2.24) is 15.1 Å². The predicted octanol–water partition coefficient (Wildman–Crippen LogP) is 3.36. The molecule has 1 aliphatic carbocycles. The molecule has 0 aromatic heterocycles. The second kappa shape index (κ2) is 7.35. The van der Waals surface area contributed by atoms with Crippen molar-refractivity contribution >= 4 is 11.9 Å². The van der Waals surface area contributed by atoms with E-state index < -0.39 is 11.4 Å². The molecular formula is C21H30FN3O3. The minimum atomic E-state index is -0.800. The number of hydrogen-bond acceptors (Lipinski definition) is 4. The van der Waals surface area contributed by atoms with E-state index in [4.69, 9.17) is 4.74 Å². The van der Waals surface area contributed by atoms with Crippen LogP contribution in [0.1, 0.15) is 45.6 Å². The molecule has 1 saturated carbocycles. The maximum Gasteiger partial charge on any atom is 0.326 e. The average Bonchev–Trinajstić information content (AvgIpc) is 2.76. The maximum atomic E-state index is 13.9. The number of methoxy groups -OCH3 is 1. The van der Waals surface area contributed by atoms with Crippen LogP contribution in [0.25, 0.3) is 0 Å². The van der Waals surface area contributed by atoms with Gasteiger partial charge in [-0.15, -0.1) is 0 Å². The third-order valence-corrected chi connectivity index (χ3v) is 5.68. The molecule has 2 fully saturated rings. The van der Waals surface area contributed by atoms with Crippen LogP contribution in [-0.4, -0.2) is 48.1 Å². The van der Waals surface area contributed by atoms with E-state index in [1.54, 1.807) is 19.2 Å². The lowest BCUT2D eigenvalue weighted by atomic mass is 9.64. The summed E-state index contributed by atoms with van der Waals surface area (Å²) < 4.78 is 18.8. The monoisotopic (exact) mass is 391 g/mol. The van der Waals surface area contributed by atoms with Gasteiger partial charge in [0.25, 0.3) is 5.91 Å². The quantitative estimate of drug-likeness (QED) is 0.782. The van der Waals surface area contributed by atoms with Gasteiger partial charge in [-0.3, -0.25) is 9.69 Å². The minimum Gasteiger partial charge on any atom is -0.494 e. The summed E-state index contributed by atoms with van der Waals surface area (Å²) in [6.45, 7) is 7.00. The highest BCUT2D eigenvalue weighted by molar-refractivity contribution is 6.07. The van der Waals surface area contributed by atoms with Gasteiger partial charge in [0.1, 0.15) is 5.54 Å². The Balaban J connectivity index is 1.69. The largest absolute Gasteiger partial charge is 0.494 e. The van der Waals surface area contributed by atoms with Gasteiger partial charge in [0.15, 0.2) is 11.6 Å². The number of halogens is 1. The molecule has 0 unspecified atom stereocenters. The second-order valence-electron chi connectivity index (χ2n) is 9.22. The lowest BCUT2D eigenvalue weighted by Crippen LogP contribution is -2.54. The number of ether oxygens (including phenoxy) is 1. The first kappa shape index (κ1) is 20.6. The molecule has 1 saturated heterocycles. The number of nitrogens with zero attached hydrogens (tertiary/aromatic N) is 2. The fraction of sp³-hybridized carbons (Fsp3) is 0.619. The zero-order chi connectivity index (χ0) is 20.7. The molecule has 0 radical (unpaired) electrons. The number of carbonyl (C=O) groups excluding carboxylic acids is 2. The Morgan fingerprint density at radius 3 is 2.64 bits per heavy atom. The molecule has 3 amide bonds. The van der Waals surface area contributed by atoms with Crippen molar-refractivity contribution in [1.29, 1.82) is 0 Å². The third-order valence-electron chi connectivity index (χ3n) is 5.68. The van der Waals surface area contributed by atoms with Gasteiger partial charge in [-0.05, 0) is 55.3 Å². The fourth-order valence-electron chi connectivity index (χ4n) is 5.05. The molecule has 1 aromatic carbocycles. The minimum absolute atomic E-state index is 0.00312.